The predicted octanol–water partition coefficient (Wildman–Crippen LogP) is 6.38. The lowest BCUT2D eigenvalue weighted by atomic mass is 9.93. The summed E-state index contributed by atoms with van der Waals surface area (Å²) in [5.41, 5.74) is 4.87. The summed E-state index contributed by atoms with van der Waals surface area (Å²) in [6.45, 7) is 4.90. The number of alkyl halides is 3. The molecule has 8 heteroatoms. The number of pyridine rings is 1. The van der Waals surface area contributed by atoms with Crippen LogP contribution in [0, 0.1) is 12.8 Å². The maximum atomic E-state index is 13.5. The van der Waals surface area contributed by atoms with Crippen LogP contribution in [-0.4, -0.2) is 35.8 Å². The van der Waals surface area contributed by atoms with Gasteiger partial charge in [-0.3, -0.25) is 9.80 Å². The van der Waals surface area contributed by atoms with Crippen LogP contribution >= 0.6 is 0 Å². The SMILES string of the molecule is COc1ncccc1-c1ccc(Cc2ccc(N3N=C(C(F)(F)F)[C@@H](C)[C@@H]3CC(C)=O)cc2)c(C)c1. The van der Waals surface area contributed by atoms with Gasteiger partial charge >= 0.3 is 6.18 Å². The average Bonchev–Trinajstić information content (AvgIpc) is 3.16. The van der Waals surface area contributed by atoms with Gasteiger partial charge in [0.05, 0.1) is 18.8 Å². The largest absolute Gasteiger partial charge is 0.481 e. The quantitative estimate of drug-likeness (QED) is 0.382. The molecule has 0 saturated heterocycles. The van der Waals surface area contributed by atoms with Crippen LogP contribution in [0.3, 0.4) is 0 Å². The lowest BCUT2D eigenvalue weighted by Crippen LogP contribution is -2.36. The molecule has 3 aromatic rings. The van der Waals surface area contributed by atoms with Crippen molar-refractivity contribution < 1.29 is 22.7 Å². The Morgan fingerprint density at radius 3 is 2.44 bits per heavy atom. The highest BCUT2D eigenvalue weighted by atomic mass is 19.4. The lowest BCUT2D eigenvalue weighted by Gasteiger charge is -2.26. The van der Waals surface area contributed by atoms with Gasteiger partial charge in [-0.25, -0.2) is 4.98 Å². The Kier molecular flexibility index (Phi) is 7.15. The van der Waals surface area contributed by atoms with E-state index in [1.165, 1.54) is 18.9 Å². The van der Waals surface area contributed by atoms with E-state index in [9.17, 15) is 18.0 Å². The molecule has 0 bridgehead atoms. The van der Waals surface area contributed by atoms with Crippen LogP contribution in [0.2, 0.25) is 0 Å². The third-order valence-electron chi connectivity index (χ3n) is 6.54. The minimum Gasteiger partial charge on any atom is -0.481 e. The van der Waals surface area contributed by atoms with Gasteiger partial charge in [-0.2, -0.15) is 18.3 Å². The highest BCUT2D eigenvalue weighted by molar-refractivity contribution is 5.96. The minimum atomic E-state index is -4.54. The molecule has 0 amide bonds. The highest BCUT2D eigenvalue weighted by Gasteiger charge is 2.48. The van der Waals surface area contributed by atoms with Gasteiger partial charge in [0.1, 0.15) is 11.5 Å². The van der Waals surface area contributed by atoms with Gasteiger partial charge in [-0.15, -0.1) is 0 Å². The molecule has 1 aliphatic rings. The molecule has 0 unspecified atom stereocenters. The van der Waals surface area contributed by atoms with E-state index in [0.717, 1.165) is 27.8 Å². The number of anilines is 1. The van der Waals surface area contributed by atoms with Crippen molar-refractivity contribution in [1.29, 1.82) is 0 Å². The van der Waals surface area contributed by atoms with Gasteiger partial charge in [-0.05, 0) is 66.8 Å². The van der Waals surface area contributed by atoms with Crippen LogP contribution in [0.5, 0.6) is 5.88 Å². The fourth-order valence-corrected chi connectivity index (χ4v) is 4.62. The molecule has 4 rings (SSSR count). The Bertz CT molecular complexity index is 1290. The number of aryl methyl sites for hydroxylation is 1. The van der Waals surface area contributed by atoms with E-state index in [4.69, 9.17) is 4.74 Å². The summed E-state index contributed by atoms with van der Waals surface area (Å²) in [5, 5.41) is 5.23. The van der Waals surface area contributed by atoms with E-state index in [-0.39, 0.29) is 12.2 Å². The molecule has 0 fully saturated rings. The first-order chi connectivity index (χ1) is 17.1. The van der Waals surface area contributed by atoms with E-state index in [2.05, 4.69) is 22.2 Å². The number of carbonyl (C=O) groups is 1. The molecule has 2 atom stereocenters. The molecule has 5 nitrogen and oxygen atoms in total. The first-order valence-corrected chi connectivity index (χ1v) is 11.7. The van der Waals surface area contributed by atoms with E-state index < -0.39 is 23.8 Å². The number of ketones is 1. The molecule has 0 radical (unpaired) electrons. The summed E-state index contributed by atoms with van der Waals surface area (Å²) in [6, 6.07) is 16.7. The number of nitrogens with zero attached hydrogens (tertiary/aromatic N) is 3. The summed E-state index contributed by atoms with van der Waals surface area (Å²) in [7, 11) is 1.59. The Labute approximate surface area is 208 Å². The van der Waals surface area contributed by atoms with Gasteiger partial charge < -0.3 is 4.74 Å². The molecule has 0 aliphatic carbocycles. The first-order valence-electron chi connectivity index (χ1n) is 11.7. The number of Topliss-reactive ketones (excluding diaryl/α,β-unsaturated/α-hetero) is 1. The molecule has 188 valence electrons. The molecule has 1 aromatic heterocycles. The zero-order valence-electron chi connectivity index (χ0n) is 20.6. The number of hydrogen-bond acceptors (Lipinski definition) is 5. The molecule has 0 spiro atoms. The van der Waals surface area contributed by atoms with Gasteiger partial charge in [0.25, 0.3) is 0 Å². The number of hydrogen-bond donors (Lipinski definition) is 0. The molecule has 1 aliphatic heterocycles. The van der Waals surface area contributed by atoms with Gasteiger partial charge in [0.2, 0.25) is 5.88 Å². The number of hydrazone groups is 1. The Morgan fingerprint density at radius 1 is 1.11 bits per heavy atom. The molecule has 36 heavy (non-hydrogen) atoms. The summed E-state index contributed by atoms with van der Waals surface area (Å²) in [5.74, 6) is -0.501. The van der Waals surface area contributed by atoms with Crippen molar-refractivity contribution in [1.82, 2.24) is 4.98 Å². The molecule has 0 saturated carbocycles. The predicted molar refractivity (Wildman–Crippen MR) is 134 cm³/mol. The second-order valence-corrected chi connectivity index (χ2v) is 9.13. The zero-order valence-corrected chi connectivity index (χ0v) is 20.6. The number of ether oxygens (including phenoxy) is 1. The van der Waals surface area contributed by atoms with Crippen LogP contribution in [0.25, 0.3) is 11.1 Å². The molecule has 0 N–H and O–H groups in total. The second kappa shape index (κ2) is 10.1. The monoisotopic (exact) mass is 495 g/mol. The van der Waals surface area contributed by atoms with Crippen molar-refractivity contribution in [3.63, 3.8) is 0 Å². The van der Waals surface area contributed by atoms with Crippen LogP contribution < -0.4 is 9.75 Å². The Hall–Kier alpha value is -3.68. The summed E-state index contributed by atoms with van der Waals surface area (Å²) in [4.78, 5) is 16.0. The molecular formula is C28H28F3N3O2. The topological polar surface area (TPSA) is 54.8 Å². The van der Waals surface area contributed by atoms with Crippen LogP contribution in [0.1, 0.15) is 37.0 Å². The van der Waals surface area contributed by atoms with Crippen molar-refractivity contribution in [3.8, 4) is 17.0 Å². The van der Waals surface area contributed by atoms with Crippen LogP contribution in [0.4, 0.5) is 18.9 Å². The van der Waals surface area contributed by atoms with Gasteiger partial charge in [0, 0.05) is 24.1 Å². The number of rotatable bonds is 7. The zero-order chi connectivity index (χ0) is 26.0. The second-order valence-electron chi connectivity index (χ2n) is 9.13. The Balaban J connectivity index is 1.55. The minimum absolute atomic E-state index is 0.000733. The highest BCUT2D eigenvalue weighted by Crippen LogP contribution is 2.36. The summed E-state index contributed by atoms with van der Waals surface area (Å²) < 4.78 is 45.8. The molecule has 2 aromatic carbocycles. The molecular weight excluding hydrogens is 467 g/mol. The van der Waals surface area contributed by atoms with Gasteiger partial charge in [-0.1, -0.05) is 37.3 Å². The summed E-state index contributed by atoms with van der Waals surface area (Å²) in [6.07, 6.45) is -2.18. The standard InChI is InChI=1S/C28H28F3N3O2/c1-17-14-22(24-6-5-13-32-27(24)36-4)10-9-21(17)16-20-7-11-23(12-8-20)34-25(15-18(2)35)19(3)26(33-34)28(29,30)31/h5-14,19,25H,15-16H2,1-4H3/t19-,25-/m0/s1. The van der Waals surface area contributed by atoms with E-state index >= 15 is 0 Å². The van der Waals surface area contributed by atoms with E-state index in [1.54, 1.807) is 25.4 Å². The van der Waals surface area contributed by atoms with E-state index in [0.29, 0.717) is 18.0 Å². The maximum absolute atomic E-state index is 13.5. The number of halogens is 3. The fourth-order valence-electron chi connectivity index (χ4n) is 4.62. The Morgan fingerprint density at radius 2 is 1.83 bits per heavy atom. The third kappa shape index (κ3) is 5.27. The fraction of sp³-hybridized carbons (Fsp3) is 0.321. The average molecular weight is 496 g/mol. The number of aromatic nitrogens is 1. The maximum Gasteiger partial charge on any atom is 0.431 e. The third-order valence-corrected chi connectivity index (χ3v) is 6.54. The number of benzene rings is 2. The number of carbonyl (C=O) groups excluding carboxylic acids is 1. The van der Waals surface area contributed by atoms with Crippen molar-refractivity contribution in [2.24, 2.45) is 11.0 Å². The summed E-state index contributed by atoms with van der Waals surface area (Å²) >= 11 is 0. The van der Waals surface area contributed by atoms with Crippen molar-refractivity contribution in [3.05, 3.63) is 77.5 Å². The van der Waals surface area contributed by atoms with Crippen LogP contribution in [0.15, 0.2) is 65.9 Å². The molecule has 2 heterocycles. The van der Waals surface area contributed by atoms with Crippen molar-refractivity contribution in [2.45, 2.75) is 45.8 Å². The van der Waals surface area contributed by atoms with E-state index in [1.807, 2.05) is 37.3 Å². The van der Waals surface area contributed by atoms with Crippen molar-refractivity contribution >= 4 is 17.2 Å². The lowest BCUT2D eigenvalue weighted by molar-refractivity contribution is -0.117. The number of methoxy groups -OCH3 is 1. The van der Waals surface area contributed by atoms with Gasteiger partial charge in [0.15, 0.2) is 0 Å². The normalized spacial score (nSPS) is 17.8. The van der Waals surface area contributed by atoms with Crippen molar-refractivity contribution in [2.75, 3.05) is 12.1 Å². The van der Waals surface area contributed by atoms with Crippen LogP contribution in [-0.2, 0) is 11.2 Å². The first kappa shape index (κ1) is 25.4. The smallest absolute Gasteiger partial charge is 0.431 e.